The summed E-state index contributed by atoms with van der Waals surface area (Å²) in [5.41, 5.74) is 3.21. The Bertz CT molecular complexity index is 975. The zero-order valence-electron chi connectivity index (χ0n) is 16.0. The number of hydrogen-bond acceptors (Lipinski definition) is 4. The number of nitrogens with zero attached hydrogens (tertiary/aromatic N) is 1. The number of benzene rings is 1. The molecule has 3 heterocycles. The third-order valence-corrected chi connectivity index (χ3v) is 7.35. The van der Waals surface area contributed by atoms with Crippen LogP contribution in [0.4, 0.5) is 9.39 Å². The molecule has 146 valence electrons. The number of hydrogen-bond donors (Lipinski definition) is 1. The third-order valence-electron chi connectivity index (χ3n) is 5.35. The Hall–Kier alpha value is -2.02. The van der Waals surface area contributed by atoms with Gasteiger partial charge in [-0.15, -0.1) is 22.7 Å². The normalized spacial score (nSPS) is 15.7. The van der Waals surface area contributed by atoms with E-state index in [1.54, 1.807) is 23.5 Å². The lowest BCUT2D eigenvalue weighted by atomic mass is 9.95. The quantitative estimate of drug-likeness (QED) is 0.555. The molecule has 3 aromatic rings. The molecule has 1 aliphatic heterocycles. The van der Waals surface area contributed by atoms with Crippen molar-refractivity contribution < 1.29 is 9.18 Å². The van der Waals surface area contributed by atoms with Gasteiger partial charge in [-0.1, -0.05) is 18.2 Å². The van der Waals surface area contributed by atoms with E-state index in [-0.39, 0.29) is 17.8 Å². The number of halogens is 1. The van der Waals surface area contributed by atoms with Gasteiger partial charge in [-0.2, -0.15) is 0 Å². The van der Waals surface area contributed by atoms with Crippen LogP contribution in [0, 0.1) is 19.7 Å². The summed E-state index contributed by atoms with van der Waals surface area (Å²) in [6.07, 6.45) is 2.29. The number of anilines is 1. The maximum atomic E-state index is 14.0. The topological polar surface area (TPSA) is 32.3 Å². The van der Waals surface area contributed by atoms with Crippen LogP contribution in [0.3, 0.4) is 0 Å². The summed E-state index contributed by atoms with van der Waals surface area (Å²) in [5, 5.41) is 5.91. The molecular formula is C22H23FN2OS2. The molecule has 6 heteroatoms. The zero-order chi connectivity index (χ0) is 19.7. The Morgan fingerprint density at radius 2 is 1.96 bits per heavy atom. The molecule has 28 heavy (non-hydrogen) atoms. The monoisotopic (exact) mass is 414 g/mol. The Labute approximate surface area is 172 Å². The van der Waals surface area contributed by atoms with E-state index in [1.807, 2.05) is 23.6 Å². The SMILES string of the molecule is Cc1sc(NC(=O)c2cccs2)c(C(c2cccc(F)c2)N2CCCC2)c1C. The van der Waals surface area contributed by atoms with Crippen molar-refractivity contribution in [3.05, 3.63) is 74.0 Å². The minimum Gasteiger partial charge on any atom is -0.313 e. The molecular weight excluding hydrogens is 391 g/mol. The summed E-state index contributed by atoms with van der Waals surface area (Å²) >= 11 is 3.04. The molecule has 0 bridgehead atoms. The second kappa shape index (κ2) is 8.15. The highest BCUT2D eigenvalue weighted by atomic mass is 32.1. The van der Waals surface area contributed by atoms with Crippen LogP contribution in [-0.4, -0.2) is 23.9 Å². The smallest absolute Gasteiger partial charge is 0.266 e. The maximum Gasteiger partial charge on any atom is 0.266 e. The first-order valence-corrected chi connectivity index (χ1v) is 11.2. The Morgan fingerprint density at radius 1 is 1.18 bits per heavy atom. The molecule has 0 saturated carbocycles. The maximum absolute atomic E-state index is 14.0. The van der Waals surface area contributed by atoms with Crippen molar-refractivity contribution in [3.63, 3.8) is 0 Å². The average Bonchev–Trinajstić information content (AvgIpc) is 3.42. The summed E-state index contributed by atoms with van der Waals surface area (Å²) in [6.45, 7) is 6.14. The number of amides is 1. The number of carbonyl (C=O) groups is 1. The van der Waals surface area contributed by atoms with E-state index in [1.165, 1.54) is 27.8 Å². The van der Waals surface area contributed by atoms with Crippen LogP contribution < -0.4 is 5.32 Å². The van der Waals surface area contributed by atoms with Gasteiger partial charge in [0.05, 0.1) is 10.9 Å². The van der Waals surface area contributed by atoms with Gasteiger partial charge >= 0.3 is 0 Å². The fourth-order valence-corrected chi connectivity index (χ4v) is 5.58. The Morgan fingerprint density at radius 3 is 2.64 bits per heavy atom. The summed E-state index contributed by atoms with van der Waals surface area (Å²) in [6, 6.07) is 10.5. The lowest BCUT2D eigenvalue weighted by Crippen LogP contribution is -2.28. The van der Waals surface area contributed by atoms with E-state index < -0.39 is 0 Å². The van der Waals surface area contributed by atoms with Gasteiger partial charge < -0.3 is 5.32 Å². The van der Waals surface area contributed by atoms with Crippen LogP contribution in [-0.2, 0) is 0 Å². The molecule has 0 radical (unpaired) electrons. The van der Waals surface area contributed by atoms with Gasteiger partial charge in [0, 0.05) is 10.4 Å². The first-order valence-electron chi connectivity index (χ1n) is 9.49. The summed E-state index contributed by atoms with van der Waals surface area (Å²) in [4.78, 5) is 17.0. The number of aryl methyl sites for hydroxylation is 1. The highest BCUT2D eigenvalue weighted by Gasteiger charge is 2.31. The van der Waals surface area contributed by atoms with E-state index >= 15 is 0 Å². The van der Waals surface area contributed by atoms with Gasteiger partial charge in [0.15, 0.2) is 0 Å². The van der Waals surface area contributed by atoms with Crippen molar-refractivity contribution in [2.45, 2.75) is 32.7 Å². The van der Waals surface area contributed by atoms with Crippen LogP contribution in [0.25, 0.3) is 0 Å². The Kier molecular flexibility index (Phi) is 5.62. The van der Waals surface area contributed by atoms with Crippen LogP contribution in [0.15, 0.2) is 41.8 Å². The highest BCUT2D eigenvalue weighted by molar-refractivity contribution is 7.17. The fourth-order valence-electron chi connectivity index (χ4n) is 3.88. The molecule has 1 saturated heterocycles. The minimum absolute atomic E-state index is 0.0539. The predicted octanol–water partition coefficient (Wildman–Crippen LogP) is 6.00. The lowest BCUT2D eigenvalue weighted by Gasteiger charge is -2.29. The second-order valence-corrected chi connectivity index (χ2v) is 9.33. The molecule has 1 fully saturated rings. The average molecular weight is 415 g/mol. The second-order valence-electron chi connectivity index (χ2n) is 7.16. The molecule has 1 amide bonds. The van der Waals surface area contributed by atoms with Gasteiger partial charge in [0.2, 0.25) is 0 Å². The molecule has 1 aliphatic rings. The van der Waals surface area contributed by atoms with E-state index in [0.29, 0.717) is 4.88 Å². The number of carbonyl (C=O) groups excluding carboxylic acids is 1. The van der Waals surface area contributed by atoms with Gasteiger partial charge in [-0.05, 0) is 74.5 Å². The van der Waals surface area contributed by atoms with E-state index in [4.69, 9.17) is 0 Å². The van der Waals surface area contributed by atoms with Crippen molar-refractivity contribution in [3.8, 4) is 0 Å². The van der Waals surface area contributed by atoms with Crippen LogP contribution >= 0.6 is 22.7 Å². The molecule has 1 N–H and O–H groups in total. The molecule has 3 nitrogen and oxygen atoms in total. The molecule has 2 aromatic heterocycles. The largest absolute Gasteiger partial charge is 0.313 e. The summed E-state index contributed by atoms with van der Waals surface area (Å²) < 4.78 is 14.0. The van der Waals surface area contributed by atoms with Crippen molar-refractivity contribution in [1.29, 1.82) is 0 Å². The van der Waals surface area contributed by atoms with E-state index in [9.17, 15) is 9.18 Å². The standard InChI is InChI=1S/C22H23FN2OS2/c1-14-15(2)28-22(24-21(26)18-9-6-12-27-18)19(14)20(25-10-3-4-11-25)16-7-5-8-17(23)13-16/h5-9,12-13,20H,3-4,10-11H2,1-2H3,(H,24,26). The summed E-state index contributed by atoms with van der Waals surface area (Å²) in [5.74, 6) is -0.313. The number of nitrogens with one attached hydrogen (secondary N) is 1. The van der Waals surface area contributed by atoms with Gasteiger partial charge in [-0.25, -0.2) is 4.39 Å². The lowest BCUT2D eigenvalue weighted by molar-refractivity contribution is 0.103. The fraction of sp³-hybridized carbons (Fsp3) is 0.318. The van der Waals surface area contributed by atoms with Crippen molar-refractivity contribution in [2.75, 3.05) is 18.4 Å². The van der Waals surface area contributed by atoms with Crippen LogP contribution in [0.2, 0.25) is 0 Å². The zero-order valence-corrected chi connectivity index (χ0v) is 17.6. The molecule has 0 aliphatic carbocycles. The predicted molar refractivity (Wildman–Crippen MR) is 115 cm³/mol. The molecule has 1 unspecified atom stereocenters. The third kappa shape index (κ3) is 3.77. The Balaban J connectivity index is 1.78. The van der Waals surface area contributed by atoms with Gasteiger partial charge in [0.25, 0.3) is 5.91 Å². The first-order chi connectivity index (χ1) is 13.5. The minimum atomic E-state index is -0.226. The number of rotatable bonds is 5. The van der Waals surface area contributed by atoms with Crippen LogP contribution in [0.5, 0.6) is 0 Å². The first kappa shape index (κ1) is 19.3. The number of thiophene rings is 2. The van der Waals surface area contributed by atoms with Crippen LogP contribution in [0.1, 0.15) is 50.1 Å². The molecule has 0 spiro atoms. The van der Waals surface area contributed by atoms with Gasteiger partial charge in [-0.3, -0.25) is 9.69 Å². The molecule has 1 atom stereocenters. The van der Waals surface area contributed by atoms with E-state index in [0.717, 1.165) is 42.1 Å². The van der Waals surface area contributed by atoms with Crippen molar-refractivity contribution >= 4 is 33.6 Å². The highest BCUT2D eigenvalue weighted by Crippen LogP contribution is 2.43. The molecule has 1 aromatic carbocycles. The van der Waals surface area contributed by atoms with Crippen molar-refractivity contribution in [2.24, 2.45) is 0 Å². The van der Waals surface area contributed by atoms with Gasteiger partial charge in [0.1, 0.15) is 10.8 Å². The summed E-state index contributed by atoms with van der Waals surface area (Å²) in [7, 11) is 0. The van der Waals surface area contributed by atoms with Crippen molar-refractivity contribution in [1.82, 2.24) is 4.90 Å². The number of likely N-dealkylation sites (tertiary alicyclic amines) is 1. The molecule has 4 rings (SSSR count). The van der Waals surface area contributed by atoms with E-state index in [2.05, 4.69) is 24.1 Å².